The SMILES string of the molecule is COc1cc(OC)c2c(c1Cl)OC1(C(=O)C=C(Nc3cc(C(=O)O)c(Cl)cc3Cl)CC1C)C2=O. The lowest BCUT2D eigenvalue weighted by Gasteiger charge is -2.35. The molecule has 1 heterocycles. The number of benzene rings is 2. The van der Waals surface area contributed by atoms with Gasteiger partial charge in [-0.3, -0.25) is 9.59 Å². The van der Waals surface area contributed by atoms with Crippen molar-refractivity contribution in [2.75, 3.05) is 19.5 Å². The number of anilines is 1. The van der Waals surface area contributed by atoms with Crippen molar-refractivity contribution in [3.63, 3.8) is 0 Å². The molecule has 0 radical (unpaired) electrons. The third-order valence-electron chi connectivity index (χ3n) is 5.89. The lowest BCUT2D eigenvalue weighted by molar-refractivity contribution is -0.129. The Morgan fingerprint density at radius 1 is 1.12 bits per heavy atom. The number of fused-ring (bicyclic) bond motifs is 1. The molecule has 11 heteroatoms. The molecule has 0 saturated carbocycles. The Balaban J connectivity index is 1.72. The summed E-state index contributed by atoms with van der Waals surface area (Å²) in [7, 11) is 2.79. The zero-order chi connectivity index (χ0) is 24.9. The molecule has 2 unspecified atom stereocenters. The van der Waals surface area contributed by atoms with Gasteiger partial charge in [-0.2, -0.15) is 0 Å². The Bertz CT molecular complexity index is 1290. The van der Waals surface area contributed by atoms with Crippen molar-refractivity contribution in [2.24, 2.45) is 5.92 Å². The molecule has 1 spiro atoms. The molecular formula is C23H18Cl3NO7. The number of Topliss-reactive ketones (excluding diaryl/α,β-unsaturated/α-hetero) is 1. The van der Waals surface area contributed by atoms with Crippen molar-refractivity contribution >= 4 is 58.0 Å². The van der Waals surface area contributed by atoms with E-state index >= 15 is 0 Å². The van der Waals surface area contributed by atoms with Crippen LogP contribution in [0.4, 0.5) is 5.69 Å². The van der Waals surface area contributed by atoms with Crippen LogP contribution in [0.25, 0.3) is 0 Å². The number of nitrogens with one attached hydrogen (secondary N) is 1. The number of carboxylic acids is 1. The molecular weight excluding hydrogens is 509 g/mol. The van der Waals surface area contributed by atoms with E-state index in [1.54, 1.807) is 6.92 Å². The van der Waals surface area contributed by atoms with Crippen LogP contribution in [0.3, 0.4) is 0 Å². The van der Waals surface area contributed by atoms with Crippen LogP contribution >= 0.6 is 34.8 Å². The number of ketones is 2. The minimum absolute atomic E-state index is 0.0203. The molecule has 1 aliphatic heterocycles. The maximum atomic E-state index is 13.5. The molecule has 2 aromatic rings. The average Bonchev–Trinajstić information content (AvgIpc) is 3.09. The first-order valence-corrected chi connectivity index (χ1v) is 11.1. The second kappa shape index (κ2) is 8.69. The van der Waals surface area contributed by atoms with Gasteiger partial charge in [0.1, 0.15) is 22.1 Å². The van der Waals surface area contributed by atoms with Crippen molar-refractivity contribution in [2.45, 2.75) is 18.9 Å². The summed E-state index contributed by atoms with van der Waals surface area (Å²) >= 11 is 18.5. The second-order valence-corrected chi connectivity index (χ2v) is 9.04. The van der Waals surface area contributed by atoms with Gasteiger partial charge in [-0.05, 0) is 18.6 Å². The molecule has 34 heavy (non-hydrogen) atoms. The summed E-state index contributed by atoms with van der Waals surface area (Å²) in [6.07, 6.45) is 1.46. The van der Waals surface area contributed by atoms with Crippen molar-refractivity contribution in [3.05, 3.63) is 56.2 Å². The van der Waals surface area contributed by atoms with Gasteiger partial charge in [0.2, 0.25) is 17.2 Å². The van der Waals surface area contributed by atoms with Crippen molar-refractivity contribution < 1.29 is 33.7 Å². The third kappa shape index (κ3) is 3.57. The zero-order valence-electron chi connectivity index (χ0n) is 18.1. The largest absolute Gasteiger partial charge is 0.496 e. The predicted molar refractivity (Wildman–Crippen MR) is 126 cm³/mol. The molecule has 0 aromatic heterocycles. The lowest BCUT2D eigenvalue weighted by atomic mass is 9.74. The van der Waals surface area contributed by atoms with E-state index in [1.165, 1.54) is 38.5 Å². The molecule has 2 N–H and O–H groups in total. The van der Waals surface area contributed by atoms with Gasteiger partial charge in [-0.1, -0.05) is 41.7 Å². The minimum atomic E-state index is -1.83. The van der Waals surface area contributed by atoms with Crippen molar-refractivity contribution in [1.29, 1.82) is 0 Å². The molecule has 8 nitrogen and oxygen atoms in total. The summed E-state index contributed by atoms with van der Waals surface area (Å²) in [4.78, 5) is 38.3. The first kappa shape index (κ1) is 24.2. The third-order valence-corrected chi connectivity index (χ3v) is 6.88. The molecule has 2 aromatic carbocycles. The number of carbonyl (C=O) groups excluding carboxylic acids is 2. The van der Waals surface area contributed by atoms with Crippen LogP contribution in [0.5, 0.6) is 17.2 Å². The minimum Gasteiger partial charge on any atom is -0.496 e. The fraction of sp³-hybridized carbons (Fsp3) is 0.261. The Labute approximate surface area is 209 Å². The fourth-order valence-electron chi connectivity index (χ4n) is 4.20. The van der Waals surface area contributed by atoms with Crippen LogP contribution in [0.15, 0.2) is 30.0 Å². The topological polar surface area (TPSA) is 111 Å². The molecule has 2 aliphatic rings. The quantitative estimate of drug-likeness (QED) is 0.506. The molecule has 178 valence electrons. The second-order valence-electron chi connectivity index (χ2n) is 7.85. The number of carboxylic acid groups (broad SMARTS) is 1. The monoisotopic (exact) mass is 525 g/mol. The highest BCUT2D eigenvalue weighted by molar-refractivity contribution is 6.38. The summed E-state index contributed by atoms with van der Waals surface area (Å²) < 4.78 is 16.6. The van der Waals surface area contributed by atoms with E-state index in [0.29, 0.717) is 5.70 Å². The van der Waals surface area contributed by atoms with E-state index in [0.717, 1.165) is 0 Å². The summed E-state index contributed by atoms with van der Waals surface area (Å²) in [5.41, 5.74) is -1.23. The van der Waals surface area contributed by atoms with Gasteiger partial charge in [0.25, 0.3) is 0 Å². The molecule has 2 atom stereocenters. The van der Waals surface area contributed by atoms with Gasteiger partial charge in [0, 0.05) is 23.8 Å². The Hall–Kier alpha value is -2.94. The number of aromatic carboxylic acids is 1. The summed E-state index contributed by atoms with van der Waals surface area (Å²) in [5, 5.41) is 12.5. The molecule has 1 aliphatic carbocycles. The number of rotatable bonds is 5. The number of halogens is 3. The van der Waals surface area contributed by atoms with Gasteiger partial charge in [0.15, 0.2) is 5.75 Å². The number of methoxy groups -OCH3 is 2. The summed E-state index contributed by atoms with van der Waals surface area (Å²) in [5.74, 6) is -2.56. The Morgan fingerprint density at radius 3 is 2.38 bits per heavy atom. The highest BCUT2D eigenvalue weighted by Crippen LogP contribution is 2.53. The highest BCUT2D eigenvalue weighted by atomic mass is 35.5. The summed E-state index contributed by atoms with van der Waals surface area (Å²) in [6.45, 7) is 1.69. The van der Waals surface area contributed by atoms with Gasteiger partial charge in [-0.25, -0.2) is 4.79 Å². The molecule has 0 amide bonds. The first-order valence-electron chi connectivity index (χ1n) is 9.97. The van der Waals surface area contributed by atoms with E-state index < -0.39 is 29.1 Å². The van der Waals surface area contributed by atoms with Crippen LogP contribution in [0.2, 0.25) is 15.1 Å². The molecule has 0 fully saturated rings. The van der Waals surface area contributed by atoms with E-state index in [1.807, 2.05) is 0 Å². The average molecular weight is 527 g/mol. The number of allylic oxidation sites excluding steroid dienone is 1. The van der Waals surface area contributed by atoms with Crippen LogP contribution in [0.1, 0.15) is 34.1 Å². The van der Waals surface area contributed by atoms with Crippen LogP contribution in [-0.2, 0) is 4.79 Å². The van der Waals surface area contributed by atoms with Gasteiger partial charge < -0.3 is 24.6 Å². The van der Waals surface area contributed by atoms with Crippen LogP contribution < -0.4 is 19.5 Å². The number of carbonyl (C=O) groups is 3. The molecule has 0 bridgehead atoms. The van der Waals surface area contributed by atoms with E-state index in [9.17, 15) is 19.5 Å². The van der Waals surface area contributed by atoms with E-state index in [-0.39, 0.29) is 55.6 Å². The fourth-order valence-corrected chi connectivity index (χ4v) is 4.97. The predicted octanol–water partition coefficient (Wildman–Crippen LogP) is 5.28. The Morgan fingerprint density at radius 2 is 1.79 bits per heavy atom. The zero-order valence-corrected chi connectivity index (χ0v) is 20.4. The van der Waals surface area contributed by atoms with Gasteiger partial charge >= 0.3 is 5.97 Å². The van der Waals surface area contributed by atoms with E-state index in [2.05, 4.69) is 5.32 Å². The lowest BCUT2D eigenvalue weighted by Crippen LogP contribution is -2.55. The standard InChI is InChI=1S/C23H18Cl3NO7/c1-9-4-10(27-14-6-11(22(30)31)12(24)7-13(14)25)5-17(28)23(9)21(29)18-15(32-2)8-16(33-3)19(26)20(18)34-23/h5-9,27H,4H2,1-3H3,(H,30,31). The van der Waals surface area contributed by atoms with E-state index in [4.69, 9.17) is 49.0 Å². The maximum absolute atomic E-state index is 13.5. The smallest absolute Gasteiger partial charge is 0.337 e. The summed E-state index contributed by atoms with van der Waals surface area (Å²) in [6, 6.07) is 4.04. The van der Waals surface area contributed by atoms with Crippen molar-refractivity contribution in [1.82, 2.24) is 0 Å². The van der Waals surface area contributed by atoms with Crippen molar-refractivity contribution in [3.8, 4) is 17.2 Å². The highest BCUT2D eigenvalue weighted by Gasteiger charge is 2.60. The maximum Gasteiger partial charge on any atom is 0.337 e. The normalized spacial score (nSPS) is 21.1. The Kier molecular flexibility index (Phi) is 6.18. The number of hydrogen-bond acceptors (Lipinski definition) is 7. The van der Waals surface area contributed by atoms with Crippen LogP contribution in [0, 0.1) is 5.92 Å². The first-order chi connectivity index (χ1) is 16.0. The number of ether oxygens (including phenoxy) is 3. The number of hydrogen-bond donors (Lipinski definition) is 2. The van der Waals surface area contributed by atoms with Crippen LogP contribution in [-0.4, -0.2) is 42.5 Å². The molecule has 0 saturated heterocycles. The van der Waals surface area contributed by atoms with Gasteiger partial charge in [0.05, 0.1) is 35.5 Å². The molecule has 4 rings (SSSR count). The van der Waals surface area contributed by atoms with Gasteiger partial charge in [-0.15, -0.1) is 0 Å².